The number of amides is 1. The van der Waals surface area contributed by atoms with E-state index >= 15 is 0 Å². The van der Waals surface area contributed by atoms with Crippen LogP contribution in [-0.2, 0) is 10.0 Å². The van der Waals surface area contributed by atoms with Crippen molar-refractivity contribution in [2.75, 3.05) is 13.4 Å². The SMILES string of the molecule is COc1cccc(Oc2cc(F)c(C(=O)NS(C)(=O)=O)cc2Cl)c1. The van der Waals surface area contributed by atoms with Crippen LogP contribution in [-0.4, -0.2) is 27.7 Å². The molecule has 0 fully saturated rings. The highest BCUT2D eigenvalue weighted by Gasteiger charge is 2.19. The molecule has 2 rings (SSSR count). The fourth-order valence-electron chi connectivity index (χ4n) is 1.80. The summed E-state index contributed by atoms with van der Waals surface area (Å²) in [5, 5.41) is -0.0575. The summed E-state index contributed by atoms with van der Waals surface area (Å²) in [6.45, 7) is 0. The normalized spacial score (nSPS) is 11.0. The number of nitrogens with one attached hydrogen (secondary N) is 1. The molecule has 128 valence electrons. The third-order valence-corrected chi connectivity index (χ3v) is 3.66. The first-order valence-corrected chi connectivity index (χ1v) is 8.79. The van der Waals surface area contributed by atoms with E-state index in [0.717, 1.165) is 18.4 Å². The number of methoxy groups -OCH3 is 1. The second-order valence-electron chi connectivity index (χ2n) is 4.75. The van der Waals surface area contributed by atoms with E-state index in [0.29, 0.717) is 11.5 Å². The van der Waals surface area contributed by atoms with Gasteiger partial charge in [0, 0.05) is 12.1 Å². The Hall–Kier alpha value is -2.32. The van der Waals surface area contributed by atoms with Gasteiger partial charge in [0.05, 0.1) is 24.0 Å². The predicted octanol–water partition coefficient (Wildman–Crippen LogP) is 2.97. The fraction of sp³-hybridized carbons (Fsp3) is 0.133. The number of carbonyl (C=O) groups excluding carboxylic acids is 1. The number of hydrogen-bond acceptors (Lipinski definition) is 5. The maximum atomic E-state index is 14.1. The largest absolute Gasteiger partial charge is 0.497 e. The molecule has 2 aromatic rings. The number of carbonyl (C=O) groups is 1. The number of ether oxygens (including phenoxy) is 2. The van der Waals surface area contributed by atoms with Gasteiger partial charge in [-0.2, -0.15) is 0 Å². The van der Waals surface area contributed by atoms with E-state index in [1.54, 1.807) is 29.0 Å². The van der Waals surface area contributed by atoms with Crippen LogP contribution in [0, 0.1) is 5.82 Å². The number of rotatable bonds is 5. The van der Waals surface area contributed by atoms with Crippen LogP contribution in [0.4, 0.5) is 4.39 Å². The molecule has 0 spiro atoms. The smallest absolute Gasteiger partial charge is 0.267 e. The fourth-order valence-corrected chi connectivity index (χ4v) is 2.44. The summed E-state index contributed by atoms with van der Waals surface area (Å²) in [4.78, 5) is 11.7. The van der Waals surface area contributed by atoms with Crippen LogP contribution in [0.3, 0.4) is 0 Å². The van der Waals surface area contributed by atoms with E-state index in [9.17, 15) is 17.6 Å². The molecule has 0 bridgehead atoms. The highest BCUT2D eigenvalue weighted by molar-refractivity contribution is 7.89. The summed E-state index contributed by atoms with van der Waals surface area (Å²) in [7, 11) is -2.33. The first kappa shape index (κ1) is 18.0. The van der Waals surface area contributed by atoms with E-state index < -0.39 is 27.3 Å². The van der Waals surface area contributed by atoms with Crippen molar-refractivity contribution in [3.8, 4) is 17.2 Å². The summed E-state index contributed by atoms with van der Waals surface area (Å²) >= 11 is 5.99. The van der Waals surface area contributed by atoms with Crippen LogP contribution in [0.25, 0.3) is 0 Å². The molecule has 1 N–H and O–H groups in total. The standard InChI is InChI=1S/C15H13ClFNO5S/c1-22-9-4-3-5-10(6-9)23-14-8-13(17)11(7-12(14)16)15(19)18-24(2,20)21/h3-8H,1-2H3,(H,18,19). The second kappa shape index (κ2) is 7.06. The van der Waals surface area contributed by atoms with Gasteiger partial charge in [0.25, 0.3) is 5.91 Å². The minimum Gasteiger partial charge on any atom is -0.497 e. The van der Waals surface area contributed by atoms with Crippen molar-refractivity contribution in [3.05, 3.63) is 52.8 Å². The molecular formula is C15H13ClFNO5S. The Morgan fingerprint density at radius 2 is 1.88 bits per heavy atom. The molecule has 0 aromatic heterocycles. The maximum Gasteiger partial charge on any atom is 0.267 e. The first-order chi connectivity index (χ1) is 11.2. The van der Waals surface area contributed by atoms with E-state index in [1.165, 1.54) is 7.11 Å². The molecule has 0 saturated carbocycles. The number of halogens is 2. The lowest BCUT2D eigenvalue weighted by Crippen LogP contribution is -2.30. The van der Waals surface area contributed by atoms with Crippen molar-refractivity contribution in [1.29, 1.82) is 0 Å². The molecule has 0 atom stereocenters. The van der Waals surface area contributed by atoms with E-state index in [2.05, 4.69) is 0 Å². The Balaban J connectivity index is 2.31. The molecule has 24 heavy (non-hydrogen) atoms. The highest BCUT2D eigenvalue weighted by atomic mass is 35.5. The van der Waals surface area contributed by atoms with Crippen LogP contribution >= 0.6 is 11.6 Å². The zero-order chi connectivity index (χ0) is 17.9. The van der Waals surface area contributed by atoms with Crippen molar-refractivity contribution in [3.63, 3.8) is 0 Å². The second-order valence-corrected chi connectivity index (χ2v) is 6.90. The third-order valence-electron chi connectivity index (χ3n) is 2.81. The van der Waals surface area contributed by atoms with E-state index in [-0.39, 0.29) is 10.8 Å². The van der Waals surface area contributed by atoms with Crippen LogP contribution in [0.2, 0.25) is 5.02 Å². The Morgan fingerprint density at radius 1 is 1.21 bits per heavy atom. The molecule has 6 nitrogen and oxygen atoms in total. The molecule has 2 aromatic carbocycles. The van der Waals surface area contributed by atoms with Crippen LogP contribution in [0.15, 0.2) is 36.4 Å². The lowest BCUT2D eigenvalue weighted by atomic mass is 10.2. The lowest BCUT2D eigenvalue weighted by Gasteiger charge is -2.11. The molecule has 0 heterocycles. The van der Waals surface area contributed by atoms with Crippen molar-refractivity contribution in [2.24, 2.45) is 0 Å². The third kappa shape index (κ3) is 4.59. The molecule has 0 aliphatic heterocycles. The average molecular weight is 374 g/mol. The Labute approximate surface area is 143 Å². The monoisotopic (exact) mass is 373 g/mol. The summed E-state index contributed by atoms with van der Waals surface area (Å²) in [6.07, 6.45) is 0.782. The quantitative estimate of drug-likeness (QED) is 0.871. The van der Waals surface area contributed by atoms with E-state index in [1.807, 2.05) is 0 Å². The lowest BCUT2D eigenvalue weighted by molar-refractivity contribution is 0.0977. The molecule has 0 aliphatic rings. The van der Waals surface area contributed by atoms with Crippen LogP contribution in [0.5, 0.6) is 17.2 Å². The summed E-state index contributed by atoms with van der Waals surface area (Å²) in [5.41, 5.74) is -0.511. The minimum atomic E-state index is -3.82. The van der Waals surface area contributed by atoms with Crippen molar-refractivity contribution in [2.45, 2.75) is 0 Å². The zero-order valence-corrected chi connectivity index (χ0v) is 14.2. The Bertz CT molecular complexity index is 885. The van der Waals surface area contributed by atoms with E-state index in [4.69, 9.17) is 21.1 Å². The summed E-state index contributed by atoms with van der Waals surface area (Å²) in [6, 6.07) is 8.45. The molecule has 0 aliphatic carbocycles. The molecule has 9 heteroatoms. The van der Waals surface area contributed by atoms with Gasteiger partial charge < -0.3 is 9.47 Å². The maximum absolute atomic E-state index is 14.1. The van der Waals surface area contributed by atoms with Gasteiger partial charge in [-0.05, 0) is 18.2 Å². The van der Waals surface area contributed by atoms with Gasteiger partial charge in [-0.3, -0.25) is 4.79 Å². The van der Waals surface area contributed by atoms with Gasteiger partial charge in [-0.1, -0.05) is 17.7 Å². The summed E-state index contributed by atoms with van der Waals surface area (Å²) in [5.74, 6) is -1.24. The molecule has 1 amide bonds. The van der Waals surface area contributed by atoms with Gasteiger partial charge in [-0.25, -0.2) is 17.5 Å². The zero-order valence-electron chi connectivity index (χ0n) is 12.7. The predicted molar refractivity (Wildman–Crippen MR) is 86.8 cm³/mol. The Morgan fingerprint density at radius 3 is 2.50 bits per heavy atom. The average Bonchev–Trinajstić information content (AvgIpc) is 2.49. The van der Waals surface area contributed by atoms with Gasteiger partial charge in [-0.15, -0.1) is 0 Å². The van der Waals surface area contributed by atoms with Crippen molar-refractivity contribution >= 4 is 27.5 Å². The molecule has 0 radical (unpaired) electrons. The van der Waals surface area contributed by atoms with Crippen molar-refractivity contribution < 1.29 is 27.1 Å². The van der Waals surface area contributed by atoms with Crippen molar-refractivity contribution in [1.82, 2.24) is 4.72 Å². The van der Waals surface area contributed by atoms with Gasteiger partial charge in [0.1, 0.15) is 23.1 Å². The molecular weight excluding hydrogens is 361 g/mol. The van der Waals surface area contributed by atoms with Crippen LogP contribution in [0.1, 0.15) is 10.4 Å². The van der Waals surface area contributed by atoms with Gasteiger partial charge >= 0.3 is 0 Å². The highest BCUT2D eigenvalue weighted by Crippen LogP contribution is 2.33. The molecule has 0 saturated heterocycles. The van der Waals surface area contributed by atoms with Gasteiger partial charge in [0.15, 0.2) is 0 Å². The van der Waals surface area contributed by atoms with Gasteiger partial charge in [0.2, 0.25) is 10.0 Å². The topological polar surface area (TPSA) is 81.7 Å². The number of hydrogen-bond donors (Lipinski definition) is 1. The minimum absolute atomic E-state index is 0.0293. The summed E-state index contributed by atoms with van der Waals surface area (Å²) < 4.78 is 48.4. The Kier molecular flexibility index (Phi) is 5.30. The molecule has 0 unspecified atom stereocenters. The van der Waals surface area contributed by atoms with Crippen LogP contribution < -0.4 is 14.2 Å². The number of benzene rings is 2. The first-order valence-electron chi connectivity index (χ1n) is 6.52. The number of sulfonamides is 1.